The zero-order chi connectivity index (χ0) is 12.1. The molecule has 0 saturated heterocycles. The Morgan fingerprint density at radius 3 is 2.50 bits per heavy atom. The molecule has 1 aromatic heterocycles. The maximum absolute atomic E-state index is 5.37. The van der Waals surface area contributed by atoms with Gasteiger partial charge in [-0.25, -0.2) is 9.97 Å². The van der Waals surface area contributed by atoms with E-state index in [0.29, 0.717) is 5.92 Å². The van der Waals surface area contributed by atoms with Gasteiger partial charge in [0, 0.05) is 25.9 Å². The number of hydrogen-bond donors (Lipinski definition) is 1. The Morgan fingerprint density at radius 2 is 2.06 bits per heavy atom. The molecular formula is C12H21N3O. The van der Waals surface area contributed by atoms with Crippen molar-refractivity contribution in [1.29, 1.82) is 0 Å². The summed E-state index contributed by atoms with van der Waals surface area (Å²) in [4.78, 5) is 8.98. The van der Waals surface area contributed by atoms with Gasteiger partial charge in [0.25, 0.3) is 0 Å². The second-order valence-electron chi connectivity index (χ2n) is 4.07. The molecule has 0 fully saturated rings. The van der Waals surface area contributed by atoms with Gasteiger partial charge in [0.1, 0.15) is 11.9 Å². The Balaban J connectivity index is 3.12. The van der Waals surface area contributed by atoms with E-state index in [0.717, 1.165) is 23.8 Å². The van der Waals surface area contributed by atoms with E-state index in [9.17, 15) is 0 Å². The topological polar surface area (TPSA) is 47.0 Å². The van der Waals surface area contributed by atoms with E-state index >= 15 is 0 Å². The Kier molecular flexibility index (Phi) is 4.68. The van der Waals surface area contributed by atoms with E-state index in [4.69, 9.17) is 4.74 Å². The van der Waals surface area contributed by atoms with Crippen LogP contribution in [0.2, 0.25) is 0 Å². The molecule has 0 bridgehead atoms. The smallest absolute Gasteiger partial charge is 0.159 e. The lowest BCUT2D eigenvalue weighted by Gasteiger charge is -2.15. The molecule has 0 aromatic carbocycles. The molecule has 4 nitrogen and oxygen atoms in total. The molecule has 1 aromatic rings. The first-order valence-electron chi connectivity index (χ1n) is 5.71. The number of methoxy groups -OCH3 is 1. The van der Waals surface area contributed by atoms with Crippen LogP contribution in [0.15, 0.2) is 6.07 Å². The van der Waals surface area contributed by atoms with Gasteiger partial charge >= 0.3 is 0 Å². The van der Waals surface area contributed by atoms with Gasteiger partial charge in [-0.3, -0.25) is 0 Å². The average Bonchev–Trinajstić information content (AvgIpc) is 2.30. The lowest BCUT2D eigenvalue weighted by atomic mass is 10.1. The van der Waals surface area contributed by atoms with Crippen molar-refractivity contribution in [2.24, 2.45) is 0 Å². The number of nitrogens with zero attached hydrogens (tertiary/aromatic N) is 2. The predicted molar refractivity (Wildman–Crippen MR) is 65.7 cm³/mol. The molecule has 0 saturated carbocycles. The molecule has 1 unspecified atom stereocenters. The predicted octanol–water partition coefficient (Wildman–Crippen LogP) is 2.74. The fourth-order valence-corrected chi connectivity index (χ4v) is 1.51. The lowest BCUT2D eigenvalue weighted by Crippen LogP contribution is -2.10. The van der Waals surface area contributed by atoms with Crippen molar-refractivity contribution >= 4 is 5.82 Å². The zero-order valence-corrected chi connectivity index (χ0v) is 10.7. The van der Waals surface area contributed by atoms with Gasteiger partial charge in [0.05, 0.1) is 0 Å². The molecule has 1 N–H and O–H groups in total. The molecule has 1 heterocycles. The van der Waals surface area contributed by atoms with Gasteiger partial charge in [-0.05, 0) is 12.3 Å². The average molecular weight is 223 g/mol. The third kappa shape index (κ3) is 2.92. The van der Waals surface area contributed by atoms with Crippen molar-refractivity contribution in [3.8, 4) is 0 Å². The first-order valence-corrected chi connectivity index (χ1v) is 5.71. The largest absolute Gasteiger partial charge is 0.373 e. The van der Waals surface area contributed by atoms with E-state index < -0.39 is 0 Å². The van der Waals surface area contributed by atoms with Crippen LogP contribution in [0.25, 0.3) is 0 Å². The highest BCUT2D eigenvalue weighted by atomic mass is 16.5. The Morgan fingerprint density at radius 1 is 1.38 bits per heavy atom. The number of ether oxygens (including phenoxy) is 1. The first kappa shape index (κ1) is 12.9. The van der Waals surface area contributed by atoms with Crippen LogP contribution in [0.1, 0.15) is 50.7 Å². The summed E-state index contributed by atoms with van der Waals surface area (Å²) < 4.78 is 5.37. The molecule has 1 atom stereocenters. The normalized spacial score (nSPS) is 12.9. The number of anilines is 1. The molecule has 16 heavy (non-hydrogen) atoms. The van der Waals surface area contributed by atoms with Crippen LogP contribution in [-0.2, 0) is 4.74 Å². The minimum absolute atomic E-state index is 0.0224. The van der Waals surface area contributed by atoms with Crippen LogP contribution in [0.5, 0.6) is 0 Å². The summed E-state index contributed by atoms with van der Waals surface area (Å²) in [6, 6.07) is 1.98. The summed E-state index contributed by atoms with van der Waals surface area (Å²) in [5.74, 6) is 2.01. The minimum Gasteiger partial charge on any atom is -0.373 e. The van der Waals surface area contributed by atoms with Crippen molar-refractivity contribution in [1.82, 2.24) is 9.97 Å². The zero-order valence-electron chi connectivity index (χ0n) is 10.7. The fraction of sp³-hybridized carbons (Fsp3) is 0.667. The highest BCUT2D eigenvalue weighted by Gasteiger charge is 2.14. The molecular weight excluding hydrogens is 202 g/mol. The Hall–Kier alpha value is -1.16. The second-order valence-corrected chi connectivity index (χ2v) is 4.07. The van der Waals surface area contributed by atoms with Crippen LogP contribution in [0.4, 0.5) is 5.82 Å². The Labute approximate surface area is 97.5 Å². The van der Waals surface area contributed by atoms with Crippen LogP contribution in [0, 0.1) is 0 Å². The molecule has 0 aliphatic carbocycles. The van der Waals surface area contributed by atoms with Crippen molar-refractivity contribution < 1.29 is 4.74 Å². The standard InChI is InChI=1S/C12H21N3O/c1-6-10(16-5)12-14-9(8(2)3)7-11(13-4)15-12/h7-8,10H,6H2,1-5H3,(H,13,14,15). The van der Waals surface area contributed by atoms with Crippen LogP contribution < -0.4 is 5.32 Å². The number of rotatable bonds is 5. The highest BCUT2D eigenvalue weighted by molar-refractivity contribution is 5.36. The van der Waals surface area contributed by atoms with Gasteiger partial charge in [-0.1, -0.05) is 20.8 Å². The summed E-state index contributed by atoms with van der Waals surface area (Å²) in [6.45, 7) is 6.32. The van der Waals surface area contributed by atoms with Crippen molar-refractivity contribution in [2.45, 2.75) is 39.2 Å². The quantitative estimate of drug-likeness (QED) is 0.833. The minimum atomic E-state index is -0.0224. The molecule has 0 spiro atoms. The summed E-state index contributed by atoms with van der Waals surface area (Å²) in [7, 11) is 3.56. The number of hydrogen-bond acceptors (Lipinski definition) is 4. The van der Waals surface area contributed by atoms with E-state index in [2.05, 4.69) is 36.1 Å². The maximum atomic E-state index is 5.37. The fourth-order valence-electron chi connectivity index (χ4n) is 1.51. The van der Waals surface area contributed by atoms with Gasteiger partial charge in [0.2, 0.25) is 0 Å². The van der Waals surface area contributed by atoms with Crippen LogP contribution in [0.3, 0.4) is 0 Å². The van der Waals surface area contributed by atoms with E-state index in [-0.39, 0.29) is 6.10 Å². The molecule has 90 valence electrons. The highest BCUT2D eigenvalue weighted by Crippen LogP contribution is 2.21. The van der Waals surface area contributed by atoms with E-state index in [1.807, 2.05) is 13.1 Å². The maximum Gasteiger partial charge on any atom is 0.159 e. The number of nitrogens with one attached hydrogen (secondary N) is 1. The lowest BCUT2D eigenvalue weighted by molar-refractivity contribution is 0.0924. The summed E-state index contributed by atoms with van der Waals surface area (Å²) in [5, 5.41) is 3.06. The van der Waals surface area contributed by atoms with Crippen LogP contribution >= 0.6 is 0 Å². The molecule has 0 aliphatic heterocycles. The third-order valence-electron chi connectivity index (χ3n) is 2.55. The summed E-state index contributed by atoms with van der Waals surface area (Å²) in [6.07, 6.45) is 0.854. The summed E-state index contributed by atoms with van der Waals surface area (Å²) in [5.41, 5.74) is 1.05. The molecule has 1 rings (SSSR count). The van der Waals surface area contributed by atoms with Crippen molar-refractivity contribution in [3.05, 3.63) is 17.6 Å². The summed E-state index contributed by atoms with van der Waals surface area (Å²) >= 11 is 0. The van der Waals surface area contributed by atoms with Gasteiger partial charge in [0.15, 0.2) is 5.82 Å². The Bertz CT molecular complexity index is 335. The molecule has 0 amide bonds. The number of aromatic nitrogens is 2. The molecule has 0 radical (unpaired) electrons. The van der Waals surface area contributed by atoms with Gasteiger partial charge in [-0.2, -0.15) is 0 Å². The van der Waals surface area contributed by atoms with Crippen molar-refractivity contribution in [2.75, 3.05) is 19.5 Å². The molecule has 0 aliphatic rings. The molecule has 4 heteroatoms. The monoisotopic (exact) mass is 223 g/mol. The van der Waals surface area contributed by atoms with E-state index in [1.165, 1.54) is 0 Å². The van der Waals surface area contributed by atoms with Gasteiger partial charge < -0.3 is 10.1 Å². The van der Waals surface area contributed by atoms with E-state index in [1.54, 1.807) is 7.11 Å². The van der Waals surface area contributed by atoms with Gasteiger partial charge in [-0.15, -0.1) is 0 Å². The van der Waals surface area contributed by atoms with Crippen molar-refractivity contribution in [3.63, 3.8) is 0 Å². The SMILES string of the molecule is CCC(OC)c1nc(NC)cc(C(C)C)n1. The van der Waals surface area contributed by atoms with Crippen LogP contribution in [-0.4, -0.2) is 24.1 Å². The second kappa shape index (κ2) is 5.80. The third-order valence-corrected chi connectivity index (χ3v) is 2.55. The first-order chi connectivity index (χ1) is 7.62.